The molecule has 0 aliphatic rings. The van der Waals surface area contributed by atoms with Crippen LogP contribution in [0.15, 0.2) is 4.99 Å². The Morgan fingerprint density at radius 3 is 3.14 bits per heavy atom. The van der Waals surface area contributed by atoms with E-state index in [4.69, 9.17) is 4.12 Å². The van der Waals surface area contributed by atoms with Crippen molar-refractivity contribution in [1.29, 1.82) is 0 Å². The van der Waals surface area contributed by atoms with Gasteiger partial charge in [0.25, 0.3) is 0 Å². The van der Waals surface area contributed by atoms with E-state index in [1.807, 2.05) is 0 Å². The summed E-state index contributed by atoms with van der Waals surface area (Å²) < 4.78 is 4.85. The lowest BCUT2D eigenvalue weighted by Crippen LogP contribution is -1.98. The molecule has 0 rings (SSSR count). The van der Waals surface area contributed by atoms with E-state index in [-0.39, 0.29) is 0 Å². The van der Waals surface area contributed by atoms with E-state index in [2.05, 4.69) is 4.99 Å². The van der Waals surface area contributed by atoms with Crippen LogP contribution in [0.1, 0.15) is 0 Å². The smallest absolute Gasteiger partial charge is 0.234 e. The zero-order valence-electron chi connectivity index (χ0n) is 4.18. The SMILES string of the molecule is O=C=NC[SiH2]O[SiH3]. The Labute approximate surface area is 47.3 Å². The van der Waals surface area contributed by atoms with Gasteiger partial charge >= 0.3 is 0 Å². The molecule has 0 aliphatic carbocycles. The van der Waals surface area contributed by atoms with Crippen LogP contribution in [0.5, 0.6) is 0 Å². The van der Waals surface area contributed by atoms with Crippen molar-refractivity contribution < 1.29 is 8.91 Å². The first-order chi connectivity index (χ1) is 3.41. The Hall–Kier alpha value is -0.226. The fourth-order valence-corrected chi connectivity index (χ4v) is 1.10. The maximum absolute atomic E-state index is 9.37. The van der Waals surface area contributed by atoms with Gasteiger partial charge in [-0.15, -0.1) is 0 Å². The molecule has 0 unspecified atom stereocenters. The molecule has 0 fully saturated rings. The average molecular weight is 133 g/mol. The Bertz CT molecular complexity index is 79.8. The molecule has 3 nitrogen and oxygen atoms in total. The lowest BCUT2D eigenvalue weighted by Gasteiger charge is -1.84. The molecule has 0 saturated carbocycles. The van der Waals surface area contributed by atoms with Gasteiger partial charge in [-0.1, -0.05) is 0 Å². The lowest BCUT2D eigenvalue weighted by molar-refractivity contribution is 0.563. The Kier molecular flexibility index (Phi) is 5.59. The summed E-state index contributed by atoms with van der Waals surface area (Å²) in [6, 6.07) is 0. The number of nitrogens with zero attached hydrogens (tertiary/aromatic N) is 1. The molecule has 0 amide bonds. The van der Waals surface area contributed by atoms with Crippen LogP contribution in [0, 0.1) is 0 Å². The molecule has 0 radical (unpaired) electrons. The normalized spacial score (nSPS) is 9.71. The molecular weight excluding hydrogens is 126 g/mol. The van der Waals surface area contributed by atoms with Gasteiger partial charge in [0.1, 0.15) is 10.5 Å². The van der Waals surface area contributed by atoms with E-state index in [9.17, 15) is 4.79 Å². The third kappa shape index (κ3) is 5.77. The van der Waals surface area contributed by atoms with Gasteiger partial charge in [0.2, 0.25) is 6.08 Å². The van der Waals surface area contributed by atoms with Gasteiger partial charge in [0.15, 0.2) is 9.76 Å². The second-order valence-corrected chi connectivity index (χ2v) is 4.13. The number of carbonyl (C=O) groups excluding carboxylic acids is 1. The number of hydrogen-bond acceptors (Lipinski definition) is 3. The van der Waals surface area contributed by atoms with Gasteiger partial charge in [0.05, 0.1) is 6.17 Å². The van der Waals surface area contributed by atoms with E-state index >= 15 is 0 Å². The van der Waals surface area contributed by atoms with Crippen LogP contribution in [0.25, 0.3) is 0 Å². The third-order valence-electron chi connectivity index (χ3n) is 0.472. The minimum absolute atomic E-state index is 0.457. The quantitative estimate of drug-likeness (QED) is 0.187. The average Bonchev–Trinajstić information content (AvgIpc) is 1.69. The Morgan fingerprint density at radius 1 is 2.00 bits per heavy atom. The first kappa shape index (κ1) is 6.77. The standard InChI is InChI=1S/C2H7NO2Si2/c4-1-3-2-7-5-6/h2,7H2,6H3. The highest BCUT2D eigenvalue weighted by atomic mass is 28.3. The van der Waals surface area contributed by atoms with Gasteiger partial charge in [-0.05, 0) is 0 Å². The summed E-state index contributed by atoms with van der Waals surface area (Å²) in [7, 11) is 0.321. The highest BCUT2D eigenvalue weighted by molar-refractivity contribution is 6.34. The molecule has 0 aromatic carbocycles. The molecule has 7 heavy (non-hydrogen) atoms. The van der Waals surface area contributed by atoms with E-state index in [0.717, 1.165) is 10.5 Å². The summed E-state index contributed by atoms with van der Waals surface area (Å²) in [5, 5.41) is 0. The lowest BCUT2D eigenvalue weighted by atomic mass is 11.4. The highest BCUT2D eigenvalue weighted by Gasteiger charge is 1.75. The van der Waals surface area contributed by atoms with Crippen molar-refractivity contribution in [2.75, 3.05) is 6.17 Å². The molecule has 0 atom stereocenters. The van der Waals surface area contributed by atoms with Crippen molar-refractivity contribution in [1.82, 2.24) is 0 Å². The predicted molar refractivity (Wildman–Crippen MR) is 32.6 cm³/mol. The van der Waals surface area contributed by atoms with Crippen LogP contribution < -0.4 is 0 Å². The molecule has 0 aromatic rings. The zero-order chi connectivity index (χ0) is 5.54. The monoisotopic (exact) mass is 133 g/mol. The topological polar surface area (TPSA) is 38.7 Å². The van der Waals surface area contributed by atoms with E-state index in [1.54, 1.807) is 0 Å². The van der Waals surface area contributed by atoms with Crippen LogP contribution >= 0.6 is 0 Å². The fourth-order valence-electron chi connectivity index (χ4n) is 0.183. The van der Waals surface area contributed by atoms with Crippen molar-refractivity contribution in [2.24, 2.45) is 4.99 Å². The van der Waals surface area contributed by atoms with Crippen LogP contribution in [0.2, 0.25) is 0 Å². The molecule has 0 N–H and O–H groups in total. The number of aliphatic imine (C=N–C) groups is 1. The molecule has 40 valence electrons. The summed E-state index contributed by atoms with van der Waals surface area (Å²) in [6.45, 7) is 0. The van der Waals surface area contributed by atoms with E-state index in [0.29, 0.717) is 6.17 Å². The second kappa shape index (κ2) is 5.77. The maximum Gasteiger partial charge on any atom is 0.234 e. The molecule has 0 aliphatic heterocycles. The van der Waals surface area contributed by atoms with E-state index in [1.165, 1.54) is 6.08 Å². The summed E-state index contributed by atoms with van der Waals surface area (Å²) in [5.41, 5.74) is 0. The summed E-state index contributed by atoms with van der Waals surface area (Å²) in [6.07, 6.45) is 2.04. The minimum Gasteiger partial charge on any atom is -0.467 e. The molecule has 0 aromatic heterocycles. The minimum atomic E-state index is -0.457. The highest BCUT2D eigenvalue weighted by Crippen LogP contribution is 1.60. The van der Waals surface area contributed by atoms with Crippen molar-refractivity contribution in [2.45, 2.75) is 0 Å². The first-order valence-corrected chi connectivity index (χ1v) is 4.33. The van der Waals surface area contributed by atoms with Crippen LogP contribution in [-0.4, -0.2) is 32.5 Å². The third-order valence-corrected chi connectivity index (χ3v) is 2.51. The van der Waals surface area contributed by atoms with Crippen LogP contribution in [-0.2, 0) is 8.91 Å². The molecule has 0 heterocycles. The second-order valence-electron chi connectivity index (χ2n) is 0.966. The molecule has 0 bridgehead atoms. The van der Waals surface area contributed by atoms with Crippen molar-refractivity contribution in [3.05, 3.63) is 0 Å². The van der Waals surface area contributed by atoms with Gasteiger partial charge in [0, 0.05) is 0 Å². The summed E-state index contributed by atoms with van der Waals surface area (Å²) >= 11 is 0. The number of rotatable bonds is 3. The fraction of sp³-hybridized carbons (Fsp3) is 0.500. The maximum atomic E-state index is 9.37. The van der Waals surface area contributed by atoms with Gasteiger partial charge in [-0.25, -0.2) is 9.79 Å². The van der Waals surface area contributed by atoms with Crippen LogP contribution in [0.3, 0.4) is 0 Å². The Balaban J connectivity index is 2.83. The predicted octanol–water partition coefficient (Wildman–Crippen LogP) is -2.34. The molecule has 0 spiro atoms. The van der Waals surface area contributed by atoms with Crippen LogP contribution in [0.4, 0.5) is 0 Å². The summed E-state index contributed by atoms with van der Waals surface area (Å²) in [4.78, 5) is 12.7. The first-order valence-electron chi connectivity index (χ1n) is 1.94. The van der Waals surface area contributed by atoms with Gasteiger partial charge in [-0.2, -0.15) is 0 Å². The van der Waals surface area contributed by atoms with Crippen molar-refractivity contribution in [3.63, 3.8) is 0 Å². The number of isocyanates is 1. The Morgan fingerprint density at radius 2 is 2.71 bits per heavy atom. The number of hydrogen-bond donors (Lipinski definition) is 0. The largest absolute Gasteiger partial charge is 0.467 e. The molecule has 0 saturated heterocycles. The molecule has 5 heteroatoms. The zero-order valence-corrected chi connectivity index (χ0v) is 7.59. The van der Waals surface area contributed by atoms with Crippen molar-refractivity contribution in [3.8, 4) is 0 Å². The summed E-state index contributed by atoms with van der Waals surface area (Å²) in [5.74, 6) is 0. The van der Waals surface area contributed by atoms with Crippen molar-refractivity contribution >= 4 is 26.3 Å². The van der Waals surface area contributed by atoms with Gasteiger partial charge < -0.3 is 4.12 Å². The van der Waals surface area contributed by atoms with Gasteiger partial charge in [-0.3, -0.25) is 0 Å². The molecular formula is C2H7NO2Si2. The van der Waals surface area contributed by atoms with E-state index < -0.39 is 9.76 Å².